The first-order valence-corrected chi connectivity index (χ1v) is 7.56. The molecular formula is C17H26N2O4. The molecule has 0 heterocycles. The largest absolute Gasteiger partial charge is 0.497 e. The third kappa shape index (κ3) is 7.54. The number of hydrogen-bond donors (Lipinski definition) is 1. The summed E-state index contributed by atoms with van der Waals surface area (Å²) in [5, 5.41) is 2.65. The van der Waals surface area contributed by atoms with Gasteiger partial charge in [0, 0.05) is 26.6 Å². The first-order chi connectivity index (χ1) is 10.7. The Hall–Kier alpha value is -2.24. The highest BCUT2D eigenvalue weighted by Gasteiger charge is 2.16. The van der Waals surface area contributed by atoms with Crippen molar-refractivity contribution in [1.29, 1.82) is 0 Å². The number of carbonyl (C=O) groups is 2. The van der Waals surface area contributed by atoms with E-state index in [1.165, 1.54) is 6.92 Å². The average molecular weight is 322 g/mol. The maximum Gasteiger partial charge on any atom is 0.407 e. The van der Waals surface area contributed by atoms with E-state index in [0.717, 1.165) is 11.3 Å². The van der Waals surface area contributed by atoms with Gasteiger partial charge in [0.1, 0.15) is 11.4 Å². The Balaban J connectivity index is 2.49. The summed E-state index contributed by atoms with van der Waals surface area (Å²) in [6, 6.07) is 7.53. The fraction of sp³-hybridized carbons (Fsp3) is 0.529. The van der Waals surface area contributed by atoms with E-state index in [2.05, 4.69) is 5.32 Å². The van der Waals surface area contributed by atoms with Crippen molar-refractivity contribution in [2.45, 2.75) is 39.8 Å². The Bertz CT molecular complexity index is 520. The van der Waals surface area contributed by atoms with Crippen LogP contribution in [0.1, 0.15) is 33.3 Å². The van der Waals surface area contributed by atoms with Crippen LogP contribution in [0, 0.1) is 0 Å². The van der Waals surface area contributed by atoms with Gasteiger partial charge < -0.3 is 19.7 Å². The lowest BCUT2D eigenvalue weighted by molar-refractivity contribution is -0.129. The Morgan fingerprint density at radius 3 is 2.26 bits per heavy atom. The lowest BCUT2D eigenvalue weighted by Gasteiger charge is -2.23. The zero-order valence-corrected chi connectivity index (χ0v) is 14.5. The fourth-order valence-electron chi connectivity index (χ4n) is 1.91. The number of benzene rings is 1. The van der Waals surface area contributed by atoms with Crippen molar-refractivity contribution < 1.29 is 19.1 Å². The van der Waals surface area contributed by atoms with Gasteiger partial charge in [0.2, 0.25) is 5.91 Å². The maximum absolute atomic E-state index is 11.7. The molecule has 0 fully saturated rings. The molecule has 0 unspecified atom stereocenters. The van der Waals surface area contributed by atoms with E-state index in [9.17, 15) is 9.59 Å². The van der Waals surface area contributed by atoms with E-state index in [1.54, 1.807) is 32.8 Å². The van der Waals surface area contributed by atoms with Gasteiger partial charge in [0.25, 0.3) is 0 Å². The maximum atomic E-state index is 11.7. The molecule has 0 saturated heterocycles. The van der Waals surface area contributed by atoms with Gasteiger partial charge in [-0.3, -0.25) is 4.79 Å². The molecular weight excluding hydrogens is 296 g/mol. The van der Waals surface area contributed by atoms with Gasteiger partial charge in [-0.05, 0) is 38.5 Å². The van der Waals surface area contributed by atoms with Gasteiger partial charge in [-0.2, -0.15) is 0 Å². The SMILES string of the molecule is COc1ccc(CN(CCNC(=O)OC(C)(C)C)C(C)=O)cc1. The summed E-state index contributed by atoms with van der Waals surface area (Å²) in [7, 11) is 1.61. The van der Waals surface area contributed by atoms with Crippen molar-refractivity contribution in [2.24, 2.45) is 0 Å². The van der Waals surface area contributed by atoms with Crippen LogP contribution in [0.15, 0.2) is 24.3 Å². The minimum absolute atomic E-state index is 0.0493. The van der Waals surface area contributed by atoms with Crippen molar-refractivity contribution in [3.05, 3.63) is 29.8 Å². The van der Waals surface area contributed by atoms with Crippen LogP contribution in [0.5, 0.6) is 5.75 Å². The smallest absolute Gasteiger partial charge is 0.407 e. The second kappa shape index (κ2) is 8.41. The summed E-state index contributed by atoms with van der Waals surface area (Å²) in [4.78, 5) is 25.0. The average Bonchev–Trinajstić information content (AvgIpc) is 2.45. The van der Waals surface area contributed by atoms with Crippen molar-refractivity contribution >= 4 is 12.0 Å². The van der Waals surface area contributed by atoms with Crippen LogP contribution in [0.2, 0.25) is 0 Å². The molecule has 1 N–H and O–H groups in total. The predicted octanol–water partition coefficient (Wildman–Crippen LogP) is 2.57. The van der Waals surface area contributed by atoms with E-state index < -0.39 is 11.7 Å². The molecule has 0 aliphatic carbocycles. The van der Waals surface area contributed by atoms with Gasteiger partial charge in [-0.25, -0.2) is 4.79 Å². The number of amides is 2. The van der Waals surface area contributed by atoms with Crippen molar-refractivity contribution in [3.8, 4) is 5.75 Å². The van der Waals surface area contributed by atoms with E-state index in [0.29, 0.717) is 19.6 Å². The zero-order chi connectivity index (χ0) is 17.5. The number of nitrogens with one attached hydrogen (secondary N) is 1. The van der Waals surface area contributed by atoms with Crippen molar-refractivity contribution in [3.63, 3.8) is 0 Å². The van der Waals surface area contributed by atoms with E-state index >= 15 is 0 Å². The number of alkyl carbamates (subject to hydrolysis) is 1. The van der Waals surface area contributed by atoms with E-state index in [1.807, 2.05) is 24.3 Å². The van der Waals surface area contributed by atoms with Gasteiger partial charge in [-0.15, -0.1) is 0 Å². The lowest BCUT2D eigenvalue weighted by Crippen LogP contribution is -2.39. The Morgan fingerprint density at radius 1 is 1.17 bits per heavy atom. The molecule has 0 saturated carbocycles. The second-order valence-electron chi connectivity index (χ2n) is 6.22. The first-order valence-electron chi connectivity index (χ1n) is 7.56. The van der Waals surface area contributed by atoms with Crippen molar-refractivity contribution in [2.75, 3.05) is 20.2 Å². The highest BCUT2D eigenvalue weighted by atomic mass is 16.6. The minimum Gasteiger partial charge on any atom is -0.497 e. The Labute approximate surface area is 137 Å². The Morgan fingerprint density at radius 2 is 1.78 bits per heavy atom. The standard InChI is InChI=1S/C17H26N2O4/c1-13(20)19(11-10-18-16(21)23-17(2,3)4)12-14-6-8-15(22-5)9-7-14/h6-9H,10-12H2,1-5H3,(H,18,21). The molecule has 0 spiro atoms. The fourth-order valence-corrected chi connectivity index (χ4v) is 1.91. The second-order valence-corrected chi connectivity index (χ2v) is 6.22. The quantitative estimate of drug-likeness (QED) is 0.874. The summed E-state index contributed by atoms with van der Waals surface area (Å²) >= 11 is 0. The Kier molecular flexibility index (Phi) is 6.88. The number of nitrogens with zero attached hydrogens (tertiary/aromatic N) is 1. The summed E-state index contributed by atoms with van der Waals surface area (Å²) in [6.45, 7) is 8.16. The van der Waals surface area contributed by atoms with Crippen LogP contribution in [-0.4, -0.2) is 42.7 Å². The third-order valence-corrected chi connectivity index (χ3v) is 3.03. The van der Waals surface area contributed by atoms with Crippen molar-refractivity contribution in [1.82, 2.24) is 10.2 Å². The van der Waals surface area contributed by atoms with Gasteiger partial charge in [-0.1, -0.05) is 12.1 Å². The van der Waals surface area contributed by atoms with Gasteiger partial charge in [0.15, 0.2) is 0 Å². The predicted molar refractivity (Wildman–Crippen MR) is 88.3 cm³/mol. The van der Waals surface area contributed by atoms with Crippen LogP contribution < -0.4 is 10.1 Å². The van der Waals surface area contributed by atoms with Gasteiger partial charge >= 0.3 is 6.09 Å². The van der Waals surface area contributed by atoms with E-state index in [4.69, 9.17) is 9.47 Å². The minimum atomic E-state index is -0.534. The molecule has 6 heteroatoms. The number of rotatable bonds is 6. The summed E-state index contributed by atoms with van der Waals surface area (Å²) in [5.41, 5.74) is 0.464. The number of carbonyl (C=O) groups excluding carboxylic acids is 2. The summed E-state index contributed by atoms with van der Waals surface area (Å²) < 4.78 is 10.3. The molecule has 1 rings (SSSR count). The number of ether oxygens (including phenoxy) is 2. The molecule has 0 atom stereocenters. The first kappa shape index (κ1) is 18.8. The molecule has 1 aromatic carbocycles. The topological polar surface area (TPSA) is 67.9 Å². The molecule has 6 nitrogen and oxygen atoms in total. The summed E-state index contributed by atoms with van der Waals surface area (Å²) in [5.74, 6) is 0.724. The van der Waals surface area contributed by atoms with Crippen LogP contribution in [-0.2, 0) is 16.1 Å². The number of hydrogen-bond acceptors (Lipinski definition) is 4. The third-order valence-electron chi connectivity index (χ3n) is 3.03. The molecule has 0 aliphatic rings. The molecule has 0 aromatic heterocycles. The van der Waals surface area contributed by atoms with Crippen LogP contribution in [0.4, 0.5) is 4.79 Å². The molecule has 0 bridgehead atoms. The summed E-state index contributed by atoms with van der Waals surface area (Å²) in [6.07, 6.45) is -0.481. The molecule has 1 aromatic rings. The lowest BCUT2D eigenvalue weighted by atomic mass is 10.2. The highest BCUT2D eigenvalue weighted by molar-refractivity contribution is 5.73. The van der Waals surface area contributed by atoms with Crippen LogP contribution >= 0.6 is 0 Å². The molecule has 2 amide bonds. The molecule has 0 aliphatic heterocycles. The molecule has 128 valence electrons. The van der Waals surface area contributed by atoms with Crippen LogP contribution in [0.3, 0.4) is 0 Å². The monoisotopic (exact) mass is 322 g/mol. The highest BCUT2D eigenvalue weighted by Crippen LogP contribution is 2.13. The number of methoxy groups -OCH3 is 1. The van der Waals surface area contributed by atoms with Crippen LogP contribution in [0.25, 0.3) is 0 Å². The molecule has 23 heavy (non-hydrogen) atoms. The zero-order valence-electron chi connectivity index (χ0n) is 14.5. The molecule has 0 radical (unpaired) electrons. The van der Waals surface area contributed by atoms with Gasteiger partial charge in [0.05, 0.1) is 7.11 Å². The van der Waals surface area contributed by atoms with E-state index in [-0.39, 0.29) is 5.91 Å². The normalized spacial score (nSPS) is 10.8.